The normalized spacial score (nSPS) is 12.3. The van der Waals surface area contributed by atoms with Gasteiger partial charge in [0.05, 0.1) is 5.38 Å². The molecule has 2 rings (SSSR count). The van der Waals surface area contributed by atoms with Crippen LogP contribution in [0.2, 0.25) is 0 Å². The van der Waals surface area contributed by atoms with Crippen molar-refractivity contribution in [1.82, 2.24) is 0 Å². The van der Waals surface area contributed by atoms with Crippen molar-refractivity contribution in [2.45, 2.75) is 24.6 Å². The largest absolute Gasteiger partial charge is 0.207 e. The molecule has 0 fully saturated rings. The number of rotatable bonds is 5. The van der Waals surface area contributed by atoms with Gasteiger partial charge in [0.1, 0.15) is 5.82 Å². The van der Waals surface area contributed by atoms with Gasteiger partial charge in [0.2, 0.25) is 0 Å². The van der Waals surface area contributed by atoms with Gasteiger partial charge in [0, 0.05) is 0 Å². The van der Waals surface area contributed by atoms with E-state index in [4.69, 9.17) is 11.6 Å². The minimum Gasteiger partial charge on any atom is -0.207 e. The van der Waals surface area contributed by atoms with Gasteiger partial charge in [-0.1, -0.05) is 48.5 Å². The number of benzene rings is 2. The molecule has 0 N–H and O–H groups in total. The lowest BCUT2D eigenvalue weighted by Gasteiger charge is -2.09. The lowest BCUT2D eigenvalue weighted by atomic mass is 10.0. The first-order valence-corrected chi connectivity index (χ1v) is 6.63. The molecule has 0 saturated heterocycles. The zero-order valence-corrected chi connectivity index (χ0v) is 10.9. The molecule has 0 aliphatic carbocycles. The third-order valence-corrected chi connectivity index (χ3v) is 3.49. The monoisotopic (exact) mass is 262 g/mol. The Labute approximate surface area is 112 Å². The molecule has 94 valence electrons. The molecule has 0 aliphatic heterocycles. The van der Waals surface area contributed by atoms with Crippen LogP contribution in [0.3, 0.4) is 0 Å². The van der Waals surface area contributed by atoms with Crippen molar-refractivity contribution in [2.24, 2.45) is 0 Å². The van der Waals surface area contributed by atoms with E-state index < -0.39 is 0 Å². The molecular formula is C16H16ClF. The predicted molar refractivity (Wildman–Crippen MR) is 74.4 cm³/mol. The molecule has 2 heteroatoms. The molecule has 0 nitrogen and oxygen atoms in total. The maximum atomic E-state index is 13.4. The molecule has 0 heterocycles. The summed E-state index contributed by atoms with van der Waals surface area (Å²) >= 11 is 6.32. The van der Waals surface area contributed by atoms with Gasteiger partial charge in [-0.05, 0) is 36.5 Å². The summed E-state index contributed by atoms with van der Waals surface area (Å²) in [5, 5.41) is 0.0120. The maximum absolute atomic E-state index is 13.4. The van der Waals surface area contributed by atoms with Crippen LogP contribution >= 0.6 is 11.6 Å². The summed E-state index contributed by atoms with van der Waals surface area (Å²) in [5.41, 5.74) is 1.90. The Bertz CT molecular complexity index is 481. The van der Waals surface area contributed by atoms with Crippen LogP contribution in [0.15, 0.2) is 54.6 Å². The minimum absolute atomic E-state index is 0.0120. The van der Waals surface area contributed by atoms with Crippen molar-refractivity contribution in [2.75, 3.05) is 0 Å². The number of aryl methyl sites for hydroxylation is 1. The van der Waals surface area contributed by atoms with Gasteiger partial charge >= 0.3 is 0 Å². The Morgan fingerprint density at radius 1 is 0.944 bits per heavy atom. The molecule has 1 unspecified atom stereocenters. The highest BCUT2D eigenvalue weighted by atomic mass is 35.5. The fourth-order valence-electron chi connectivity index (χ4n) is 2.00. The molecule has 0 spiro atoms. The average molecular weight is 263 g/mol. The van der Waals surface area contributed by atoms with Gasteiger partial charge < -0.3 is 0 Å². The lowest BCUT2D eigenvalue weighted by Crippen LogP contribution is -1.94. The zero-order valence-electron chi connectivity index (χ0n) is 10.2. The Kier molecular flexibility index (Phi) is 4.77. The quantitative estimate of drug-likeness (QED) is 0.656. The molecule has 0 saturated carbocycles. The Morgan fingerprint density at radius 2 is 1.61 bits per heavy atom. The standard InChI is InChI=1S/C16H16ClF/c17-15(13-7-2-1-3-8-13)11-6-10-14-9-4-5-12-16(14)18/h1-5,7-9,12,15H,6,10-11H2. The summed E-state index contributed by atoms with van der Waals surface area (Å²) in [6.07, 6.45) is 2.49. The number of hydrogen-bond donors (Lipinski definition) is 0. The fraction of sp³-hybridized carbons (Fsp3) is 0.250. The van der Waals surface area contributed by atoms with Crippen LogP contribution < -0.4 is 0 Å². The van der Waals surface area contributed by atoms with Gasteiger partial charge in [-0.2, -0.15) is 0 Å². The summed E-state index contributed by atoms with van der Waals surface area (Å²) in [5.74, 6) is -0.122. The van der Waals surface area contributed by atoms with E-state index in [-0.39, 0.29) is 11.2 Å². The highest BCUT2D eigenvalue weighted by molar-refractivity contribution is 6.20. The van der Waals surface area contributed by atoms with Crippen LogP contribution in [0.1, 0.15) is 29.3 Å². The summed E-state index contributed by atoms with van der Waals surface area (Å²) in [6.45, 7) is 0. The molecule has 0 amide bonds. The van der Waals surface area contributed by atoms with Gasteiger partial charge in [0.15, 0.2) is 0 Å². The van der Waals surface area contributed by atoms with E-state index >= 15 is 0 Å². The SMILES string of the molecule is Fc1ccccc1CCCC(Cl)c1ccccc1. The van der Waals surface area contributed by atoms with E-state index in [1.54, 1.807) is 6.07 Å². The van der Waals surface area contributed by atoms with E-state index in [1.165, 1.54) is 6.07 Å². The third-order valence-electron chi connectivity index (χ3n) is 3.02. The minimum atomic E-state index is -0.122. The molecule has 1 atom stereocenters. The van der Waals surface area contributed by atoms with E-state index in [2.05, 4.69) is 0 Å². The summed E-state index contributed by atoms with van der Waals surface area (Å²) < 4.78 is 13.4. The topological polar surface area (TPSA) is 0 Å². The van der Waals surface area contributed by atoms with Crippen LogP contribution in [0, 0.1) is 5.82 Å². The van der Waals surface area contributed by atoms with Gasteiger partial charge in [0.25, 0.3) is 0 Å². The highest BCUT2D eigenvalue weighted by Crippen LogP contribution is 2.26. The summed E-state index contributed by atoms with van der Waals surface area (Å²) in [4.78, 5) is 0. The van der Waals surface area contributed by atoms with Crippen molar-refractivity contribution < 1.29 is 4.39 Å². The molecule has 0 radical (unpaired) electrons. The Balaban J connectivity index is 1.84. The summed E-state index contributed by atoms with van der Waals surface area (Å²) in [6, 6.07) is 16.9. The number of hydrogen-bond acceptors (Lipinski definition) is 0. The third kappa shape index (κ3) is 3.58. The highest BCUT2D eigenvalue weighted by Gasteiger charge is 2.07. The van der Waals surface area contributed by atoms with Gasteiger partial charge in [-0.3, -0.25) is 0 Å². The van der Waals surface area contributed by atoms with Gasteiger partial charge in [-0.25, -0.2) is 4.39 Å². The maximum Gasteiger partial charge on any atom is 0.126 e. The first kappa shape index (κ1) is 13.1. The first-order chi connectivity index (χ1) is 8.77. The number of alkyl halides is 1. The van der Waals surface area contributed by atoms with Crippen LogP contribution in [0.25, 0.3) is 0 Å². The van der Waals surface area contributed by atoms with Crippen LogP contribution in [-0.4, -0.2) is 0 Å². The second kappa shape index (κ2) is 6.55. The van der Waals surface area contributed by atoms with E-state index in [1.807, 2.05) is 42.5 Å². The molecule has 0 bridgehead atoms. The van der Waals surface area contributed by atoms with E-state index in [9.17, 15) is 4.39 Å². The van der Waals surface area contributed by atoms with Crippen molar-refractivity contribution in [1.29, 1.82) is 0 Å². The molecule has 2 aromatic rings. The first-order valence-electron chi connectivity index (χ1n) is 6.20. The van der Waals surface area contributed by atoms with Crippen molar-refractivity contribution in [3.63, 3.8) is 0 Å². The van der Waals surface area contributed by atoms with Crippen molar-refractivity contribution >= 4 is 11.6 Å². The smallest absolute Gasteiger partial charge is 0.126 e. The van der Waals surface area contributed by atoms with Crippen LogP contribution in [-0.2, 0) is 6.42 Å². The van der Waals surface area contributed by atoms with Crippen LogP contribution in [0.4, 0.5) is 4.39 Å². The molecule has 18 heavy (non-hydrogen) atoms. The second-order valence-corrected chi connectivity index (χ2v) is 4.89. The number of halogens is 2. The van der Waals surface area contributed by atoms with Crippen LogP contribution in [0.5, 0.6) is 0 Å². The molecule has 0 aliphatic rings. The summed E-state index contributed by atoms with van der Waals surface area (Å²) in [7, 11) is 0. The molecule has 2 aromatic carbocycles. The predicted octanol–water partition coefficient (Wildman–Crippen LogP) is 5.13. The molecule has 0 aromatic heterocycles. The van der Waals surface area contributed by atoms with Crippen molar-refractivity contribution in [3.8, 4) is 0 Å². The zero-order chi connectivity index (χ0) is 12.8. The Hall–Kier alpha value is -1.34. The fourth-order valence-corrected chi connectivity index (χ4v) is 2.30. The van der Waals surface area contributed by atoms with Crippen molar-refractivity contribution in [3.05, 3.63) is 71.5 Å². The average Bonchev–Trinajstić information content (AvgIpc) is 2.42. The molecular weight excluding hydrogens is 247 g/mol. The second-order valence-electron chi connectivity index (χ2n) is 4.36. The lowest BCUT2D eigenvalue weighted by molar-refractivity contribution is 0.598. The van der Waals surface area contributed by atoms with E-state index in [0.29, 0.717) is 0 Å². The van der Waals surface area contributed by atoms with Gasteiger partial charge in [-0.15, -0.1) is 11.6 Å². The van der Waals surface area contributed by atoms with E-state index in [0.717, 1.165) is 30.4 Å². The Morgan fingerprint density at radius 3 is 2.33 bits per heavy atom.